The number of hydrogen-bond donors (Lipinski definition) is 3. The minimum Gasteiger partial charge on any atom is -0.493 e. The number of ether oxygens (including phenoxy) is 1. The van der Waals surface area contributed by atoms with Crippen molar-refractivity contribution in [2.24, 2.45) is 5.92 Å². The molecule has 10 nitrogen and oxygen atoms in total. The van der Waals surface area contributed by atoms with Crippen molar-refractivity contribution < 1.29 is 29.2 Å². The Morgan fingerprint density at radius 2 is 1.83 bits per heavy atom. The SMILES string of the molecule is CC(C)C[C@H](NC(=O)[C@H](Cc1ccccc1)NC(=O)CC1COc2ccc([N+](=O)[O-])cc21)C(=O)O. The normalized spacial score (nSPS) is 16.0. The third-order valence-electron chi connectivity index (χ3n) is 5.77. The van der Waals surface area contributed by atoms with E-state index in [-0.39, 0.29) is 37.5 Å². The fourth-order valence-electron chi connectivity index (χ4n) is 4.05. The van der Waals surface area contributed by atoms with Crippen molar-refractivity contribution in [3.8, 4) is 5.75 Å². The molecule has 1 heterocycles. The Kier molecular flexibility index (Phi) is 8.40. The minimum atomic E-state index is -1.14. The Morgan fingerprint density at radius 3 is 2.46 bits per heavy atom. The molecule has 1 aliphatic rings. The fraction of sp³-hybridized carbons (Fsp3) is 0.400. The van der Waals surface area contributed by atoms with E-state index in [0.717, 1.165) is 5.56 Å². The van der Waals surface area contributed by atoms with Crippen molar-refractivity contribution in [3.05, 3.63) is 69.8 Å². The summed E-state index contributed by atoms with van der Waals surface area (Å²) < 4.78 is 5.56. The summed E-state index contributed by atoms with van der Waals surface area (Å²) in [6, 6.07) is 11.3. The number of hydrogen-bond acceptors (Lipinski definition) is 6. The average Bonchev–Trinajstić information content (AvgIpc) is 3.20. The molecular weight excluding hydrogens is 454 g/mol. The van der Waals surface area contributed by atoms with Crippen LogP contribution >= 0.6 is 0 Å². The van der Waals surface area contributed by atoms with Crippen LogP contribution in [0.3, 0.4) is 0 Å². The lowest BCUT2D eigenvalue weighted by molar-refractivity contribution is -0.384. The number of rotatable bonds is 11. The highest BCUT2D eigenvalue weighted by molar-refractivity contribution is 5.90. The van der Waals surface area contributed by atoms with Gasteiger partial charge < -0.3 is 20.5 Å². The van der Waals surface area contributed by atoms with Crippen LogP contribution in [0.1, 0.15) is 43.7 Å². The van der Waals surface area contributed by atoms with Gasteiger partial charge in [-0.15, -0.1) is 0 Å². The van der Waals surface area contributed by atoms with Crippen molar-refractivity contribution >= 4 is 23.5 Å². The van der Waals surface area contributed by atoms with Gasteiger partial charge in [0.1, 0.15) is 17.8 Å². The first-order valence-electron chi connectivity index (χ1n) is 11.4. The lowest BCUT2D eigenvalue weighted by atomic mass is 9.96. The summed E-state index contributed by atoms with van der Waals surface area (Å²) in [5.41, 5.74) is 1.28. The highest BCUT2D eigenvalue weighted by Gasteiger charge is 2.31. The number of amides is 2. The number of nitrogens with one attached hydrogen (secondary N) is 2. The first-order valence-corrected chi connectivity index (χ1v) is 11.4. The summed E-state index contributed by atoms with van der Waals surface area (Å²) in [6.07, 6.45) is 0.388. The standard InChI is InChI=1S/C25H29N3O7/c1-15(2)10-21(25(31)32)27-24(30)20(11-16-6-4-3-5-7-16)26-23(29)12-17-14-35-22-9-8-18(28(33)34)13-19(17)22/h3-9,13,15,17,20-21H,10-12,14H2,1-2H3,(H,26,29)(H,27,30)(H,31,32)/t17?,20-,21-/m0/s1. The molecule has 1 unspecified atom stereocenters. The van der Waals surface area contributed by atoms with E-state index in [1.54, 1.807) is 0 Å². The Morgan fingerprint density at radius 1 is 1.11 bits per heavy atom. The molecule has 2 aromatic carbocycles. The number of fused-ring (bicyclic) bond motifs is 1. The van der Waals surface area contributed by atoms with Crippen molar-refractivity contribution in [2.75, 3.05) is 6.61 Å². The molecule has 0 aliphatic carbocycles. The first-order chi connectivity index (χ1) is 16.6. The minimum absolute atomic E-state index is 0.0406. The number of carboxylic acid groups (broad SMARTS) is 1. The first kappa shape index (κ1) is 25.7. The van der Waals surface area contributed by atoms with E-state index in [4.69, 9.17) is 4.74 Å². The maximum absolute atomic E-state index is 13.0. The Labute approximate surface area is 202 Å². The molecular formula is C25H29N3O7. The van der Waals surface area contributed by atoms with Gasteiger partial charge in [-0.25, -0.2) is 4.79 Å². The van der Waals surface area contributed by atoms with Crippen LogP contribution in [0.2, 0.25) is 0 Å². The van der Waals surface area contributed by atoms with Gasteiger partial charge in [-0.05, 0) is 24.0 Å². The van der Waals surface area contributed by atoms with Crippen molar-refractivity contribution in [2.45, 2.75) is 51.1 Å². The van der Waals surface area contributed by atoms with E-state index in [1.807, 2.05) is 44.2 Å². The van der Waals surface area contributed by atoms with Gasteiger partial charge in [-0.3, -0.25) is 19.7 Å². The molecule has 3 rings (SSSR count). The molecule has 186 valence electrons. The number of nitrogens with zero attached hydrogens (tertiary/aromatic N) is 1. The Bertz CT molecular complexity index is 1090. The van der Waals surface area contributed by atoms with Crippen LogP contribution in [0.4, 0.5) is 5.69 Å². The third-order valence-corrected chi connectivity index (χ3v) is 5.77. The van der Waals surface area contributed by atoms with E-state index in [2.05, 4.69) is 10.6 Å². The average molecular weight is 484 g/mol. The second kappa shape index (κ2) is 11.5. The number of non-ortho nitro benzene ring substituents is 1. The van der Waals surface area contributed by atoms with Gasteiger partial charge in [0, 0.05) is 36.5 Å². The molecule has 0 spiro atoms. The van der Waals surface area contributed by atoms with Gasteiger partial charge in [0.15, 0.2) is 0 Å². The van der Waals surface area contributed by atoms with Crippen LogP contribution < -0.4 is 15.4 Å². The number of nitro groups is 1. The summed E-state index contributed by atoms with van der Waals surface area (Å²) in [7, 11) is 0. The molecule has 1 aliphatic heterocycles. The van der Waals surface area contributed by atoms with E-state index < -0.39 is 40.7 Å². The van der Waals surface area contributed by atoms with E-state index in [0.29, 0.717) is 11.3 Å². The predicted molar refractivity (Wildman–Crippen MR) is 127 cm³/mol. The quantitative estimate of drug-likeness (QED) is 0.329. The number of carboxylic acids is 1. The summed E-state index contributed by atoms with van der Waals surface area (Å²) in [6.45, 7) is 3.91. The molecule has 3 N–H and O–H groups in total. The van der Waals surface area contributed by atoms with Gasteiger partial charge in [-0.1, -0.05) is 44.2 Å². The molecule has 2 amide bonds. The lowest BCUT2D eigenvalue weighted by Crippen LogP contribution is -2.52. The van der Waals surface area contributed by atoms with Gasteiger partial charge in [0.25, 0.3) is 5.69 Å². The van der Waals surface area contributed by atoms with Crippen LogP contribution in [-0.2, 0) is 20.8 Å². The number of carbonyl (C=O) groups excluding carboxylic acids is 2. The predicted octanol–water partition coefficient (Wildman–Crippen LogP) is 2.80. The molecule has 0 saturated heterocycles. The maximum Gasteiger partial charge on any atom is 0.326 e. The van der Waals surface area contributed by atoms with Crippen LogP contribution in [0.15, 0.2) is 48.5 Å². The summed E-state index contributed by atoms with van der Waals surface area (Å²) in [5.74, 6) is -2.04. The van der Waals surface area contributed by atoms with Crippen LogP contribution in [0.25, 0.3) is 0 Å². The van der Waals surface area contributed by atoms with Gasteiger partial charge in [-0.2, -0.15) is 0 Å². The van der Waals surface area contributed by atoms with Crippen LogP contribution in [-0.4, -0.2) is 46.5 Å². The highest BCUT2D eigenvalue weighted by Crippen LogP contribution is 2.38. The lowest BCUT2D eigenvalue weighted by Gasteiger charge is -2.23. The Balaban J connectivity index is 1.73. The maximum atomic E-state index is 13.0. The molecule has 0 fully saturated rings. The Hall–Kier alpha value is -3.95. The van der Waals surface area contributed by atoms with Crippen LogP contribution in [0, 0.1) is 16.0 Å². The molecule has 2 aromatic rings. The van der Waals surface area contributed by atoms with E-state index in [9.17, 15) is 29.6 Å². The zero-order chi connectivity index (χ0) is 25.5. The van der Waals surface area contributed by atoms with Gasteiger partial charge in [0.05, 0.1) is 11.5 Å². The summed E-state index contributed by atoms with van der Waals surface area (Å²) in [4.78, 5) is 48.2. The van der Waals surface area contributed by atoms with E-state index in [1.165, 1.54) is 18.2 Å². The van der Waals surface area contributed by atoms with Crippen molar-refractivity contribution in [3.63, 3.8) is 0 Å². The number of aliphatic carboxylic acids is 1. The number of nitro benzene ring substituents is 1. The monoisotopic (exact) mass is 483 g/mol. The molecule has 35 heavy (non-hydrogen) atoms. The fourth-order valence-corrected chi connectivity index (χ4v) is 4.05. The second-order valence-corrected chi connectivity index (χ2v) is 9.03. The molecule has 3 atom stereocenters. The zero-order valence-corrected chi connectivity index (χ0v) is 19.6. The molecule has 0 aromatic heterocycles. The zero-order valence-electron chi connectivity index (χ0n) is 19.6. The largest absolute Gasteiger partial charge is 0.493 e. The van der Waals surface area contributed by atoms with Crippen LogP contribution in [0.5, 0.6) is 5.75 Å². The molecule has 10 heteroatoms. The van der Waals surface area contributed by atoms with Crippen molar-refractivity contribution in [1.82, 2.24) is 10.6 Å². The third kappa shape index (κ3) is 7.02. The van der Waals surface area contributed by atoms with E-state index >= 15 is 0 Å². The smallest absolute Gasteiger partial charge is 0.326 e. The number of carbonyl (C=O) groups is 3. The summed E-state index contributed by atoms with van der Waals surface area (Å²) in [5, 5.41) is 25.9. The summed E-state index contributed by atoms with van der Waals surface area (Å²) >= 11 is 0. The van der Waals surface area contributed by atoms with Gasteiger partial charge >= 0.3 is 5.97 Å². The second-order valence-electron chi connectivity index (χ2n) is 9.03. The molecule has 0 bridgehead atoms. The molecule has 0 saturated carbocycles. The number of benzene rings is 2. The topological polar surface area (TPSA) is 148 Å². The highest BCUT2D eigenvalue weighted by atomic mass is 16.6. The molecule has 0 radical (unpaired) electrons. The van der Waals surface area contributed by atoms with Crippen molar-refractivity contribution in [1.29, 1.82) is 0 Å². The van der Waals surface area contributed by atoms with Gasteiger partial charge in [0.2, 0.25) is 11.8 Å².